The number of nitrogens with zero attached hydrogens (tertiary/aromatic N) is 4. The van der Waals surface area contributed by atoms with Gasteiger partial charge in [-0.25, -0.2) is 19.6 Å². The van der Waals surface area contributed by atoms with Gasteiger partial charge in [-0.2, -0.15) is 0 Å². The second-order valence-electron chi connectivity index (χ2n) is 16.1. The molecule has 4 aromatic carbocycles. The predicted octanol–water partition coefficient (Wildman–Crippen LogP) is 8.71. The van der Waals surface area contributed by atoms with Crippen molar-refractivity contribution in [2.45, 2.75) is 77.5 Å². The van der Waals surface area contributed by atoms with Gasteiger partial charge in [0, 0.05) is 18.7 Å². The quantitative estimate of drug-likeness (QED) is 0.0745. The number of hydrogen-bond acceptors (Lipinski definition) is 6. The third-order valence-corrected chi connectivity index (χ3v) is 12.3. The van der Waals surface area contributed by atoms with Gasteiger partial charge in [0.1, 0.15) is 23.7 Å². The fraction of sp³-hybridized carbons (Fsp3) is 0.292. The predicted molar refractivity (Wildman–Crippen MR) is 234 cm³/mol. The summed E-state index contributed by atoms with van der Waals surface area (Å²) in [5, 5.41) is 24.0. The number of likely N-dealkylation sites (tertiary alicyclic amines) is 2. The van der Waals surface area contributed by atoms with Crippen LogP contribution in [0.4, 0.5) is 9.59 Å². The van der Waals surface area contributed by atoms with Gasteiger partial charge < -0.3 is 40.6 Å². The van der Waals surface area contributed by atoms with Crippen LogP contribution in [0.25, 0.3) is 33.6 Å². The molecule has 2 unspecified atom stereocenters. The molecule has 2 saturated heterocycles. The number of aryl methyl sites for hydroxylation is 2. The molecule has 4 heterocycles. The van der Waals surface area contributed by atoms with Crippen molar-refractivity contribution in [3.63, 3.8) is 0 Å². The van der Waals surface area contributed by atoms with Gasteiger partial charge in [0.25, 0.3) is 11.8 Å². The van der Waals surface area contributed by atoms with Crippen molar-refractivity contribution in [3.05, 3.63) is 142 Å². The lowest BCUT2D eigenvalue weighted by molar-refractivity contribution is -0.135. The summed E-state index contributed by atoms with van der Waals surface area (Å²) in [6.07, 6.45) is 0.440. The molecule has 8 rings (SSSR count). The molecule has 2 fully saturated rings. The summed E-state index contributed by atoms with van der Waals surface area (Å²) in [4.78, 5) is 71.6. The first kappa shape index (κ1) is 41.5. The molecule has 4 atom stereocenters. The van der Waals surface area contributed by atoms with E-state index in [0.717, 1.165) is 69.0 Å². The Morgan fingerprint density at radius 3 is 1.48 bits per heavy atom. The number of carboxylic acid groups (broad SMARTS) is 2. The number of H-pyrrole nitrogens is 2. The number of rotatable bonds is 11. The summed E-state index contributed by atoms with van der Waals surface area (Å²) in [5.41, 5.74) is 10.8. The molecule has 14 nitrogen and oxygen atoms in total. The Kier molecular flexibility index (Phi) is 11.7. The molecule has 6 N–H and O–H groups in total. The molecule has 4 amide bonds. The topological polar surface area (TPSA) is 197 Å². The summed E-state index contributed by atoms with van der Waals surface area (Å²) >= 11 is 0. The summed E-state index contributed by atoms with van der Waals surface area (Å²) < 4.78 is 0. The van der Waals surface area contributed by atoms with Crippen LogP contribution >= 0.6 is 0 Å². The minimum Gasteiger partial charge on any atom is -0.465 e. The largest absolute Gasteiger partial charge is 0.465 e. The molecule has 2 aliphatic heterocycles. The Balaban J connectivity index is 0.999. The van der Waals surface area contributed by atoms with Crippen molar-refractivity contribution >= 4 is 24.0 Å². The first-order chi connectivity index (χ1) is 29.9. The van der Waals surface area contributed by atoms with Crippen LogP contribution in [-0.4, -0.2) is 77.0 Å². The van der Waals surface area contributed by atoms with E-state index in [0.29, 0.717) is 48.7 Å². The van der Waals surface area contributed by atoms with Crippen LogP contribution in [0.1, 0.15) is 95.1 Å². The fourth-order valence-corrected chi connectivity index (χ4v) is 9.12. The molecule has 0 bridgehead atoms. The maximum atomic E-state index is 13.9. The average Bonchev–Trinajstić information content (AvgIpc) is 4.10. The Labute approximate surface area is 359 Å². The summed E-state index contributed by atoms with van der Waals surface area (Å²) in [6, 6.07) is 27.7. The van der Waals surface area contributed by atoms with Gasteiger partial charge in [-0.05, 0) is 92.3 Å². The Hall–Kier alpha value is -7.22. The highest BCUT2D eigenvalue weighted by molar-refractivity contribution is 5.88. The molecule has 6 aromatic rings. The first-order valence-corrected chi connectivity index (χ1v) is 20.9. The van der Waals surface area contributed by atoms with E-state index in [2.05, 4.69) is 70.8 Å². The molecular formula is C48H50N8O6. The highest BCUT2D eigenvalue weighted by atomic mass is 16.4. The van der Waals surface area contributed by atoms with Crippen LogP contribution in [0.5, 0.6) is 0 Å². The standard InChI is InChI=1S/C48H50N8O6/c1-27-28(2)36(40-30(4)50-44(52-40)38-18-12-26-56(38)46(58)42(54-48(61)62)33-15-9-6-10-16-33)24-23-35(27)31-19-21-34(22-20-31)39-29(3)49-43(51-39)37-17-11-25-55(37)45(57)41(53-47(59)60)32-13-7-5-8-14-32/h5-10,13-16,19-24,37-38,41-42,53-54H,11-12,17-18,25-26H2,1-4H3,(H,49,51)(H,50,52)(H,59,60)(H,61,62)/t37?,38-,41?,42+/m0/s1. The van der Waals surface area contributed by atoms with Crippen LogP contribution < -0.4 is 10.6 Å². The maximum Gasteiger partial charge on any atom is 0.405 e. The Morgan fingerprint density at radius 1 is 0.581 bits per heavy atom. The number of carbonyl (C=O) groups is 4. The smallest absolute Gasteiger partial charge is 0.405 e. The van der Waals surface area contributed by atoms with E-state index < -0.39 is 24.3 Å². The van der Waals surface area contributed by atoms with Crippen molar-refractivity contribution in [3.8, 4) is 33.6 Å². The lowest BCUT2D eigenvalue weighted by Crippen LogP contribution is -2.42. The zero-order chi connectivity index (χ0) is 43.7. The first-order valence-electron chi connectivity index (χ1n) is 20.9. The van der Waals surface area contributed by atoms with E-state index >= 15 is 0 Å². The number of hydrogen-bond donors (Lipinski definition) is 6. The molecular weight excluding hydrogens is 785 g/mol. The van der Waals surface area contributed by atoms with Gasteiger partial charge in [-0.3, -0.25) is 9.59 Å². The molecule has 62 heavy (non-hydrogen) atoms. The molecule has 318 valence electrons. The normalized spacial score (nSPS) is 17.2. The van der Waals surface area contributed by atoms with E-state index in [1.54, 1.807) is 58.3 Å². The van der Waals surface area contributed by atoms with E-state index in [-0.39, 0.29) is 23.9 Å². The van der Waals surface area contributed by atoms with Crippen LogP contribution in [0.15, 0.2) is 97.1 Å². The van der Waals surface area contributed by atoms with Crippen molar-refractivity contribution < 1.29 is 29.4 Å². The van der Waals surface area contributed by atoms with Gasteiger partial charge in [-0.1, -0.05) is 97.1 Å². The van der Waals surface area contributed by atoms with Crippen molar-refractivity contribution in [1.29, 1.82) is 0 Å². The number of aromatic nitrogens is 4. The maximum absolute atomic E-state index is 13.9. The number of imidazole rings is 2. The van der Waals surface area contributed by atoms with Crippen molar-refractivity contribution in [1.82, 2.24) is 40.4 Å². The molecule has 0 saturated carbocycles. The highest BCUT2D eigenvalue weighted by Crippen LogP contribution is 2.39. The van der Waals surface area contributed by atoms with Crippen LogP contribution in [0.2, 0.25) is 0 Å². The minimum absolute atomic E-state index is 0.306. The van der Waals surface area contributed by atoms with E-state index in [9.17, 15) is 29.4 Å². The molecule has 0 radical (unpaired) electrons. The third-order valence-electron chi connectivity index (χ3n) is 12.3. The SMILES string of the molecule is Cc1nc(C2CCCN2C(=O)C(NC(=O)O)c2ccccc2)[nH]c1-c1ccc(-c2ccc(-c3[nH]c([C@@H]4CCCN4C(=O)[C@H](NC(=O)O)c4ccccc4)nc3C)c(C)c2C)cc1. The van der Waals surface area contributed by atoms with Gasteiger partial charge in [-0.15, -0.1) is 0 Å². The Morgan fingerprint density at radius 2 is 1.00 bits per heavy atom. The number of benzene rings is 4. The molecule has 0 spiro atoms. The summed E-state index contributed by atoms with van der Waals surface area (Å²) in [7, 11) is 0. The zero-order valence-electron chi connectivity index (χ0n) is 35.1. The Bertz CT molecular complexity index is 2620. The summed E-state index contributed by atoms with van der Waals surface area (Å²) in [5.74, 6) is 0.739. The number of carbonyl (C=O) groups excluding carboxylic acids is 2. The molecule has 2 aliphatic rings. The number of nitrogens with one attached hydrogen (secondary N) is 4. The summed E-state index contributed by atoms with van der Waals surface area (Å²) in [6.45, 7) is 9.11. The number of amides is 4. The van der Waals surface area contributed by atoms with Crippen LogP contribution in [0, 0.1) is 27.7 Å². The zero-order valence-corrected chi connectivity index (χ0v) is 35.1. The van der Waals surface area contributed by atoms with E-state index in [1.165, 1.54) is 0 Å². The monoisotopic (exact) mass is 834 g/mol. The molecule has 2 aromatic heterocycles. The second kappa shape index (κ2) is 17.4. The van der Waals surface area contributed by atoms with Crippen molar-refractivity contribution in [2.24, 2.45) is 0 Å². The van der Waals surface area contributed by atoms with Gasteiger partial charge in [0.2, 0.25) is 0 Å². The highest BCUT2D eigenvalue weighted by Gasteiger charge is 2.39. The van der Waals surface area contributed by atoms with Gasteiger partial charge in [0.05, 0.1) is 34.9 Å². The molecule has 0 aliphatic carbocycles. The van der Waals surface area contributed by atoms with Crippen LogP contribution in [0.3, 0.4) is 0 Å². The lowest BCUT2D eigenvalue weighted by Gasteiger charge is -2.28. The van der Waals surface area contributed by atoms with E-state index in [1.807, 2.05) is 26.0 Å². The van der Waals surface area contributed by atoms with Gasteiger partial charge in [0.15, 0.2) is 0 Å². The number of aromatic amines is 2. The van der Waals surface area contributed by atoms with E-state index in [4.69, 9.17) is 9.97 Å². The second-order valence-corrected chi connectivity index (χ2v) is 16.1. The third kappa shape index (κ3) is 8.15. The van der Waals surface area contributed by atoms with Crippen molar-refractivity contribution in [2.75, 3.05) is 13.1 Å². The lowest BCUT2D eigenvalue weighted by atomic mass is 9.91. The van der Waals surface area contributed by atoms with Crippen LogP contribution in [-0.2, 0) is 9.59 Å². The average molecular weight is 835 g/mol. The van der Waals surface area contributed by atoms with Gasteiger partial charge >= 0.3 is 12.2 Å². The fourth-order valence-electron chi connectivity index (χ4n) is 9.12. The minimum atomic E-state index is -1.26. The molecule has 14 heteroatoms.